The number of rotatable bonds is 5. The van der Waals surface area contributed by atoms with Crippen LogP contribution in [0.15, 0.2) is 20.7 Å². The van der Waals surface area contributed by atoms with Crippen LogP contribution in [-0.4, -0.2) is 10.7 Å². The Morgan fingerprint density at radius 2 is 1.92 bits per heavy atom. The van der Waals surface area contributed by atoms with Gasteiger partial charge in [-0.2, -0.15) is 0 Å². The summed E-state index contributed by atoms with van der Waals surface area (Å²) in [6.45, 7) is 2.02. The molecule has 0 saturated carbocycles. The fourth-order valence-electron chi connectivity index (χ4n) is 1.08. The molecule has 0 aromatic heterocycles. The number of hydrogen-bond donors (Lipinski definition) is 0. The standard InChI is InChI=1S/C6H11N5O2/c1-2-3-4-5-6(11(12)13)7-9-10-8-6/h2-5H2,1H3. The zero-order valence-electron chi connectivity index (χ0n) is 7.38. The van der Waals surface area contributed by atoms with Crippen LogP contribution >= 0.6 is 0 Å². The zero-order chi connectivity index (χ0) is 9.73. The van der Waals surface area contributed by atoms with E-state index in [0.717, 1.165) is 19.3 Å². The summed E-state index contributed by atoms with van der Waals surface area (Å²) >= 11 is 0. The minimum atomic E-state index is -1.62. The van der Waals surface area contributed by atoms with Crippen LogP contribution in [0.2, 0.25) is 0 Å². The van der Waals surface area contributed by atoms with Gasteiger partial charge in [-0.05, 0) is 16.9 Å². The van der Waals surface area contributed by atoms with Gasteiger partial charge in [0.15, 0.2) is 0 Å². The zero-order valence-corrected chi connectivity index (χ0v) is 7.38. The lowest BCUT2D eigenvalue weighted by Gasteiger charge is -2.09. The van der Waals surface area contributed by atoms with Crippen molar-refractivity contribution < 1.29 is 4.92 Å². The number of nitro groups is 1. The molecular formula is C6H11N5O2. The minimum absolute atomic E-state index is 0.279. The van der Waals surface area contributed by atoms with Crippen LogP contribution < -0.4 is 0 Å². The Labute approximate surface area is 75.1 Å². The minimum Gasteiger partial charge on any atom is -0.260 e. The van der Waals surface area contributed by atoms with Gasteiger partial charge in [-0.25, -0.2) is 0 Å². The molecule has 1 heterocycles. The van der Waals surface area contributed by atoms with E-state index in [0.29, 0.717) is 0 Å². The third kappa shape index (κ3) is 2.04. The highest BCUT2D eigenvalue weighted by Gasteiger charge is 2.45. The lowest BCUT2D eigenvalue weighted by Crippen LogP contribution is -2.31. The van der Waals surface area contributed by atoms with E-state index in [1.165, 1.54) is 0 Å². The van der Waals surface area contributed by atoms with E-state index in [1.807, 2.05) is 6.92 Å². The average Bonchev–Trinajstić information content (AvgIpc) is 2.55. The fraction of sp³-hybridized carbons (Fsp3) is 1.00. The molecule has 0 fully saturated rings. The first kappa shape index (κ1) is 9.69. The first-order valence-corrected chi connectivity index (χ1v) is 4.20. The molecule has 0 atom stereocenters. The Morgan fingerprint density at radius 3 is 2.38 bits per heavy atom. The lowest BCUT2D eigenvalue weighted by molar-refractivity contribution is -0.568. The molecule has 1 aliphatic heterocycles. The van der Waals surface area contributed by atoms with Gasteiger partial charge >= 0.3 is 5.79 Å². The largest absolute Gasteiger partial charge is 0.447 e. The predicted octanol–water partition coefficient (Wildman–Crippen LogP) is 2.33. The first-order valence-electron chi connectivity index (χ1n) is 4.20. The molecule has 0 aromatic carbocycles. The summed E-state index contributed by atoms with van der Waals surface area (Å²) in [5.41, 5.74) is 0. The van der Waals surface area contributed by atoms with Crippen molar-refractivity contribution in [2.75, 3.05) is 0 Å². The summed E-state index contributed by atoms with van der Waals surface area (Å²) in [7, 11) is 0. The van der Waals surface area contributed by atoms with E-state index < -0.39 is 10.7 Å². The SMILES string of the molecule is CCCCCC1([N+](=O)[O-])N=NN=N1. The Morgan fingerprint density at radius 1 is 1.31 bits per heavy atom. The summed E-state index contributed by atoms with van der Waals surface area (Å²) in [5, 5.41) is 23.8. The van der Waals surface area contributed by atoms with Crippen molar-refractivity contribution in [2.45, 2.75) is 38.4 Å². The second-order valence-corrected chi connectivity index (χ2v) is 2.87. The highest BCUT2D eigenvalue weighted by Crippen LogP contribution is 2.27. The van der Waals surface area contributed by atoms with Gasteiger partial charge in [-0.1, -0.05) is 30.0 Å². The Balaban J connectivity index is 2.54. The molecule has 0 unspecified atom stereocenters. The molecule has 0 spiro atoms. The molecule has 0 N–H and O–H groups in total. The molecule has 0 saturated heterocycles. The van der Waals surface area contributed by atoms with Crippen molar-refractivity contribution in [1.82, 2.24) is 0 Å². The maximum Gasteiger partial charge on any atom is 0.447 e. The van der Waals surface area contributed by atoms with Crippen LogP contribution in [0.3, 0.4) is 0 Å². The van der Waals surface area contributed by atoms with Gasteiger partial charge < -0.3 is 0 Å². The third-order valence-electron chi connectivity index (χ3n) is 1.86. The van der Waals surface area contributed by atoms with Crippen molar-refractivity contribution in [2.24, 2.45) is 20.7 Å². The maximum absolute atomic E-state index is 10.6. The molecule has 7 heteroatoms. The average molecular weight is 185 g/mol. The van der Waals surface area contributed by atoms with Crippen molar-refractivity contribution >= 4 is 0 Å². The molecule has 0 aromatic rings. The Kier molecular flexibility index (Phi) is 2.99. The van der Waals surface area contributed by atoms with Gasteiger partial charge in [0.2, 0.25) is 0 Å². The first-order chi connectivity index (χ1) is 6.21. The smallest absolute Gasteiger partial charge is 0.260 e. The van der Waals surface area contributed by atoms with Gasteiger partial charge in [0, 0.05) is 0 Å². The van der Waals surface area contributed by atoms with E-state index in [-0.39, 0.29) is 6.42 Å². The van der Waals surface area contributed by atoms with Crippen molar-refractivity contribution in [3.63, 3.8) is 0 Å². The molecular weight excluding hydrogens is 174 g/mol. The van der Waals surface area contributed by atoms with E-state index in [2.05, 4.69) is 20.7 Å². The van der Waals surface area contributed by atoms with Crippen molar-refractivity contribution in [1.29, 1.82) is 0 Å². The molecule has 13 heavy (non-hydrogen) atoms. The molecule has 0 bridgehead atoms. The second-order valence-electron chi connectivity index (χ2n) is 2.87. The van der Waals surface area contributed by atoms with Crippen LogP contribution in [0.1, 0.15) is 32.6 Å². The molecule has 0 amide bonds. The van der Waals surface area contributed by atoms with Crippen molar-refractivity contribution in [3.8, 4) is 0 Å². The number of hydrogen-bond acceptors (Lipinski definition) is 6. The predicted molar refractivity (Wildman–Crippen MR) is 43.6 cm³/mol. The van der Waals surface area contributed by atoms with E-state index in [4.69, 9.17) is 0 Å². The van der Waals surface area contributed by atoms with Gasteiger partial charge in [-0.3, -0.25) is 10.1 Å². The molecule has 0 radical (unpaired) electrons. The third-order valence-corrected chi connectivity index (χ3v) is 1.86. The van der Waals surface area contributed by atoms with Crippen molar-refractivity contribution in [3.05, 3.63) is 10.1 Å². The summed E-state index contributed by atoms with van der Waals surface area (Å²) in [4.78, 5) is 10.1. The van der Waals surface area contributed by atoms with Crippen LogP contribution in [0, 0.1) is 10.1 Å². The van der Waals surface area contributed by atoms with Gasteiger partial charge in [-0.15, -0.1) is 0 Å². The van der Waals surface area contributed by atoms with E-state index in [9.17, 15) is 10.1 Å². The summed E-state index contributed by atoms with van der Waals surface area (Å²) in [6.07, 6.45) is 2.93. The fourth-order valence-corrected chi connectivity index (χ4v) is 1.08. The molecule has 72 valence electrons. The second kappa shape index (κ2) is 4.01. The number of nitrogens with zero attached hydrogens (tertiary/aromatic N) is 5. The van der Waals surface area contributed by atoms with Gasteiger partial charge in [0.25, 0.3) is 0 Å². The summed E-state index contributed by atoms with van der Waals surface area (Å²) < 4.78 is 0. The van der Waals surface area contributed by atoms with Gasteiger partial charge in [0.05, 0.1) is 11.3 Å². The lowest BCUT2D eigenvalue weighted by atomic mass is 10.1. The summed E-state index contributed by atoms with van der Waals surface area (Å²) in [6, 6.07) is 0. The van der Waals surface area contributed by atoms with Crippen LogP contribution in [-0.2, 0) is 0 Å². The quantitative estimate of drug-likeness (QED) is 0.373. The Bertz CT molecular complexity index is 237. The maximum atomic E-state index is 10.6. The van der Waals surface area contributed by atoms with E-state index in [1.54, 1.807) is 0 Å². The topological polar surface area (TPSA) is 92.6 Å². The monoisotopic (exact) mass is 185 g/mol. The molecule has 0 aliphatic carbocycles. The van der Waals surface area contributed by atoms with Gasteiger partial charge in [0.1, 0.15) is 0 Å². The molecule has 1 rings (SSSR count). The summed E-state index contributed by atoms with van der Waals surface area (Å²) in [5.74, 6) is -1.62. The van der Waals surface area contributed by atoms with Crippen LogP contribution in [0.25, 0.3) is 0 Å². The van der Waals surface area contributed by atoms with Crippen LogP contribution in [0.5, 0.6) is 0 Å². The Hall–Kier alpha value is -1.40. The molecule has 7 nitrogen and oxygen atoms in total. The molecule has 1 aliphatic rings. The highest BCUT2D eigenvalue weighted by molar-refractivity contribution is 4.72. The highest BCUT2D eigenvalue weighted by atomic mass is 16.6. The van der Waals surface area contributed by atoms with E-state index >= 15 is 0 Å². The number of unbranched alkanes of at least 4 members (excludes halogenated alkanes) is 2. The normalized spacial score (nSPS) is 17.9. The van der Waals surface area contributed by atoms with Crippen LogP contribution in [0.4, 0.5) is 0 Å².